The molecule has 2 rings (SSSR count). The van der Waals surface area contributed by atoms with Crippen molar-refractivity contribution in [2.24, 2.45) is 0 Å². The first-order valence-corrected chi connectivity index (χ1v) is 5.03. The van der Waals surface area contributed by atoms with Crippen LogP contribution in [0.25, 0.3) is 0 Å². The summed E-state index contributed by atoms with van der Waals surface area (Å²) < 4.78 is 13.2. The quantitative estimate of drug-likeness (QED) is 0.832. The molecule has 5 nitrogen and oxygen atoms in total. The second kappa shape index (κ2) is 4.32. The van der Waals surface area contributed by atoms with E-state index in [-0.39, 0.29) is 11.6 Å². The van der Waals surface area contributed by atoms with Crippen LogP contribution in [-0.4, -0.2) is 21.1 Å². The molecule has 88 valence electrons. The maximum Gasteiger partial charge on any atom is 0.295 e. The van der Waals surface area contributed by atoms with Crippen LogP contribution < -0.4 is 5.32 Å². The molecular formula is C11H11FN4O. The van der Waals surface area contributed by atoms with Crippen LogP contribution in [-0.2, 0) is 0 Å². The smallest absolute Gasteiger partial charge is 0.295 e. The van der Waals surface area contributed by atoms with Crippen LogP contribution in [0, 0.1) is 19.7 Å². The van der Waals surface area contributed by atoms with E-state index in [2.05, 4.69) is 20.5 Å². The molecule has 0 unspecified atom stereocenters. The number of hydrogen-bond acceptors (Lipinski definition) is 3. The number of aromatic nitrogens is 3. The number of aromatic amines is 1. The third-order valence-electron chi connectivity index (χ3n) is 2.32. The molecule has 2 aromatic rings. The van der Waals surface area contributed by atoms with Gasteiger partial charge in [0.2, 0.25) is 5.82 Å². The Bertz CT molecular complexity index is 564. The van der Waals surface area contributed by atoms with E-state index in [0.717, 1.165) is 0 Å². The number of hydrogen-bond donors (Lipinski definition) is 2. The number of nitrogens with one attached hydrogen (secondary N) is 2. The van der Waals surface area contributed by atoms with Gasteiger partial charge in [0.05, 0.1) is 0 Å². The number of anilines is 1. The normalized spacial score (nSPS) is 10.3. The molecule has 1 heterocycles. The first kappa shape index (κ1) is 11.3. The first-order chi connectivity index (χ1) is 8.08. The fourth-order valence-electron chi connectivity index (χ4n) is 1.37. The van der Waals surface area contributed by atoms with Gasteiger partial charge in [-0.1, -0.05) is 6.07 Å². The zero-order chi connectivity index (χ0) is 12.4. The van der Waals surface area contributed by atoms with Crippen LogP contribution in [0.4, 0.5) is 10.1 Å². The minimum absolute atomic E-state index is 0.0335. The summed E-state index contributed by atoms with van der Waals surface area (Å²) in [6.45, 7) is 3.28. The number of carbonyl (C=O) groups excluding carboxylic acids is 1. The molecule has 1 amide bonds. The lowest BCUT2D eigenvalue weighted by molar-refractivity contribution is 0.101. The van der Waals surface area contributed by atoms with E-state index in [1.165, 1.54) is 12.1 Å². The van der Waals surface area contributed by atoms with Gasteiger partial charge in [0, 0.05) is 11.3 Å². The molecule has 0 spiro atoms. The Balaban J connectivity index is 2.21. The predicted molar refractivity (Wildman–Crippen MR) is 60.2 cm³/mol. The number of rotatable bonds is 2. The van der Waals surface area contributed by atoms with Crippen LogP contribution in [0.2, 0.25) is 0 Å². The highest BCUT2D eigenvalue weighted by Gasteiger charge is 2.13. The van der Waals surface area contributed by atoms with Crippen LogP contribution in [0.5, 0.6) is 0 Å². The standard InChI is InChI=1S/C11H11FN4O/c1-6-8(12)4-3-5-9(6)14-11(17)10-13-7(2)15-16-10/h3-5H,1-2H3,(H,14,17)(H,13,15,16). The molecule has 0 aliphatic rings. The zero-order valence-corrected chi connectivity index (χ0v) is 9.41. The minimum atomic E-state index is -0.469. The average Bonchev–Trinajstić information content (AvgIpc) is 2.72. The number of carbonyl (C=O) groups is 1. The van der Waals surface area contributed by atoms with Gasteiger partial charge in [-0.15, -0.1) is 5.10 Å². The van der Waals surface area contributed by atoms with Gasteiger partial charge >= 0.3 is 0 Å². The Labute approximate surface area is 97.1 Å². The first-order valence-electron chi connectivity index (χ1n) is 5.03. The molecule has 0 fully saturated rings. The van der Waals surface area contributed by atoms with Gasteiger partial charge in [-0.25, -0.2) is 9.37 Å². The fourth-order valence-corrected chi connectivity index (χ4v) is 1.37. The largest absolute Gasteiger partial charge is 0.319 e. The second-order valence-corrected chi connectivity index (χ2v) is 3.61. The lowest BCUT2D eigenvalue weighted by Gasteiger charge is -2.06. The van der Waals surface area contributed by atoms with E-state index in [1.807, 2.05) is 0 Å². The van der Waals surface area contributed by atoms with Gasteiger partial charge in [0.25, 0.3) is 5.91 Å². The van der Waals surface area contributed by atoms with Crippen LogP contribution in [0.1, 0.15) is 22.0 Å². The molecule has 1 aromatic carbocycles. The van der Waals surface area contributed by atoms with E-state index in [0.29, 0.717) is 17.1 Å². The minimum Gasteiger partial charge on any atom is -0.319 e. The van der Waals surface area contributed by atoms with Crippen molar-refractivity contribution in [3.8, 4) is 0 Å². The van der Waals surface area contributed by atoms with E-state index in [4.69, 9.17) is 0 Å². The molecule has 0 saturated carbocycles. The zero-order valence-electron chi connectivity index (χ0n) is 9.41. The fraction of sp³-hybridized carbons (Fsp3) is 0.182. The third-order valence-corrected chi connectivity index (χ3v) is 2.32. The van der Waals surface area contributed by atoms with Crippen molar-refractivity contribution in [2.75, 3.05) is 5.32 Å². The summed E-state index contributed by atoms with van der Waals surface area (Å²) in [5.41, 5.74) is 0.797. The number of halogens is 1. The molecule has 0 saturated heterocycles. The monoisotopic (exact) mass is 234 g/mol. The van der Waals surface area contributed by atoms with Crippen molar-refractivity contribution in [2.45, 2.75) is 13.8 Å². The second-order valence-electron chi connectivity index (χ2n) is 3.61. The molecule has 0 aliphatic carbocycles. The number of benzene rings is 1. The highest BCUT2D eigenvalue weighted by Crippen LogP contribution is 2.17. The summed E-state index contributed by atoms with van der Waals surface area (Å²) in [4.78, 5) is 15.6. The third kappa shape index (κ3) is 2.30. The highest BCUT2D eigenvalue weighted by atomic mass is 19.1. The molecule has 6 heteroatoms. The maximum atomic E-state index is 13.2. The van der Waals surface area contributed by atoms with Crippen molar-refractivity contribution in [3.05, 3.63) is 41.2 Å². The number of nitrogens with zero attached hydrogens (tertiary/aromatic N) is 2. The summed E-state index contributed by atoms with van der Waals surface area (Å²) in [5.74, 6) is -0.255. The van der Waals surface area contributed by atoms with Gasteiger partial charge in [-0.05, 0) is 26.0 Å². The summed E-state index contributed by atoms with van der Waals surface area (Å²) in [6.07, 6.45) is 0. The number of H-pyrrole nitrogens is 1. The van der Waals surface area contributed by atoms with Crippen LogP contribution >= 0.6 is 0 Å². The Morgan fingerprint density at radius 1 is 1.41 bits per heavy atom. The topological polar surface area (TPSA) is 70.7 Å². The van der Waals surface area contributed by atoms with Gasteiger partial charge in [0.1, 0.15) is 11.6 Å². The van der Waals surface area contributed by atoms with E-state index < -0.39 is 5.91 Å². The number of aryl methyl sites for hydroxylation is 1. The molecule has 17 heavy (non-hydrogen) atoms. The summed E-state index contributed by atoms with van der Waals surface area (Å²) in [7, 11) is 0. The van der Waals surface area contributed by atoms with Crippen LogP contribution in [0.3, 0.4) is 0 Å². The summed E-state index contributed by atoms with van der Waals surface area (Å²) >= 11 is 0. The lowest BCUT2D eigenvalue weighted by atomic mass is 10.2. The SMILES string of the molecule is Cc1nc(C(=O)Nc2cccc(F)c2C)n[nH]1. The maximum absolute atomic E-state index is 13.2. The molecular weight excluding hydrogens is 223 g/mol. The number of amides is 1. The van der Waals surface area contributed by atoms with E-state index >= 15 is 0 Å². The van der Waals surface area contributed by atoms with E-state index in [9.17, 15) is 9.18 Å². The molecule has 0 atom stereocenters. The Hall–Kier alpha value is -2.24. The lowest BCUT2D eigenvalue weighted by Crippen LogP contribution is -2.14. The molecule has 0 aliphatic heterocycles. The summed E-state index contributed by atoms with van der Waals surface area (Å²) in [5, 5.41) is 8.84. The van der Waals surface area contributed by atoms with Gasteiger partial charge < -0.3 is 5.32 Å². The predicted octanol–water partition coefficient (Wildman–Crippen LogP) is 1.81. The van der Waals surface area contributed by atoms with Crippen molar-refractivity contribution in [3.63, 3.8) is 0 Å². The van der Waals surface area contributed by atoms with Crippen LogP contribution in [0.15, 0.2) is 18.2 Å². The molecule has 0 bridgehead atoms. The van der Waals surface area contributed by atoms with Gasteiger partial charge in [0.15, 0.2) is 0 Å². The van der Waals surface area contributed by atoms with Gasteiger partial charge in [-0.2, -0.15) is 0 Å². The Morgan fingerprint density at radius 2 is 2.18 bits per heavy atom. The average molecular weight is 234 g/mol. The molecule has 0 radical (unpaired) electrons. The Kier molecular flexibility index (Phi) is 2.86. The summed E-state index contributed by atoms with van der Waals surface area (Å²) in [6, 6.07) is 4.49. The van der Waals surface area contributed by atoms with Crippen molar-refractivity contribution in [1.82, 2.24) is 15.2 Å². The van der Waals surface area contributed by atoms with Crippen molar-refractivity contribution in [1.29, 1.82) is 0 Å². The van der Waals surface area contributed by atoms with Gasteiger partial charge in [-0.3, -0.25) is 9.89 Å². The highest BCUT2D eigenvalue weighted by molar-refractivity contribution is 6.01. The molecule has 2 N–H and O–H groups in total. The molecule has 1 aromatic heterocycles. The Morgan fingerprint density at radius 3 is 2.82 bits per heavy atom. The van der Waals surface area contributed by atoms with Crippen molar-refractivity contribution >= 4 is 11.6 Å². The van der Waals surface area contributed by atoms with E-state index in [1.54, 1.807) is 19.9 Å². The van der Waals surface area contributed by atoms with Crippen molar-refractivity contribution < 1.29 is 9.18 Å².